The number of para-hydroxylation sites is 1. The Bertz CT molecular complexity index is 925. The van der Waals surface area contributed by atoms with Gasteiger partial charge >= 0.3 is 5.97 Å². The molecule has 0 aliphatic carbocycles. The van der Waals surface area contributed by atoms with Crippen molar-refractivity contribution in [1.82, 2.24) is 0 Å². The Kier molecular flexibility index (Phi) is 5.65. The first-order valence-electron chi connectivity index (χ1n) is 8.95. The standard InChI is InChI=1S/C21H21N3O4/c1-3-19(25)28-23-18(16-10-6-4-7-11-16)14-21(27)15(2)22-24(20(21)26)17-12-8-5-9-13-17/h4-13,27H,3,14H2,1-2H3/b23-18-. The number of hydrogen-bond acceptors (Lipinski definition) is 6. The van der Waals surface area contributed by atoms with Crippen molar-refractivity contribution in [1.29, 1.82) is 0 Å². The van der Waals surface area contributed by atoms with E-state index in [-0.39, 0.29) is 24.3 Å². The lowest BCUT2D eigenvalue weighted by Crippen LogP contribution is -2.47. The molecule has 1 aliphatic rings. The Hall–Kier alpha value is -3.32. The summed E-state index contributed by atoms with van der Waals surface area (Å²) in [7, 11) is 0. The van der Waals surface area contributed by atoms with Crippen LogP contribution in [0.15, 0.2) is 70.9 Å². The maximum atomic E-state index is 13.0. The number of nitrogens with zero attached hydrogens (tertiary/aromatic N) is 3. The topological polar surface area (TPSA) is 91.6 Å². The molecule has 3 rings (SSSR count). The Labute approximate surface area is 162 Å². The summed E-state index contributed by atoms with van der Waals surface area (Å²) in [6.07, 6.45) is -0.0114. The predicted octanol–water partition coefficient (Wildman–Crippen LogP) is 2.89. The van der Waals surface area contributed by atoms with Crippen LogP contribution in [0.4, 0.5) is 5.69 Å². The monoisotopic (exact) mass is 379 g/mol. The summed E-state index contributed by atoms with van der Waals surface area (Å²) < 4.78 is 0. The second kappa shape index (κ2) is 8.14. The van der Waals surface area contributed by atoms with Crippen LogP contribution in [0.25, 0.3) is 0 Å². The van der Waals surface area contributed by atoms with Crippen LogP contribution >= 0.6 is 0 Å². The highest BCUT2D eigenvalue weighted by Crippen LogP contribution is 2.30. The molecule has 1 heterocycles. The van der Waals surface area contributed by atoms with Crippen molar-refractivity contribution >= 4 is 29.0 Å². The number of benzene rings is 2. The van der Waals surface area contributed by atoms with E-state index in [1.54, 1.807) is 62.4 Å². The van der Waals surface area contributed by atoms with E-state index < -0.39 is 17.5 Å². The molecular weight excluding hydrogens is 358 g/mol. The van der Waals surface area contributed by atoms with Crippen LogP contribution in [-0.2, 0) is 14.4 Å². The van der Waals surface area contributed by atoms with Gasteiger partial charge in [0.25, 0.3) is 5.91 Å². The second-order valence-corrected chi connectivity index (χ2v) is 6.40. The van der Waals surface area contributed by atoms with Crippen LogP contribution in [0.3, 0.4) is 0 Å². The number of aliphatic hydroxyl groups is 1. The Balaban J connectivity index is 1.92. The van der Waals surface area contributed by atoms with Gasteiger partial charge in [-0.05, 0) is 24.6 Å². The molecular formula is C21H21N3O4. The first-order valence-corrected chi connectivity index (χ1v) is 8.95. The molecule has 1 aliphatic heterocycles. The molecule has 0 aromatic heterocycles. The minimum Gasteiger partial charge on any atom is -0.374 e. The zero-order chi connectivity index (χ0) is 20.1. The van der Waals surface area contributed by atoms with Gasteiger partial charge in [-0.15, -0.1) is 0 Å². The van der Waals surface area contributed by atoms with E-state index in [1.807, 2.05) is 12.1 Å². The van der Waals surface area contributed by atoms with Crippen molar-refractivity contribution in [3.05, 3.63) is 66.2 Å². The van der Waals surface area contributed by atoms with Gasteiger partial charge in [0.2, 0.25) is 0 Å². The van der Waals surface area contributed by atoms with Gasteiger partial charge in [-0.1, -0.05) is 60.6 Å². The molecule has 1 atom stereocenters. The molecule has 0 radical (unpaired) electrons. The predicted molar refractivity (Wildman–Crippen MR) is 106 cm³/mol. The van der Waals surface area contributed by atoms with Crippen LogP contribution in [0.2, 0.25) is 0 Å². The van der Waals surface area contributed by atoms with Crippen molar-refractivity contribution in [2.45, 2.75) is 32.3 Å². The molecule has 7 heteroatoms. The molecule has 2 aromatic carbocycles. The van der Waals surface area contributed by atoms with E-state index in [0.717, 1.165) is 0 Å². The minimum absolute atomic E-state index is 0.164. The second-order valence-electron chi connectivity index (χ2n) is 6.40. The molecule has 0 saturated heterocycles. The first kappa shape index (κ1) is 19.4. The summed E-state index contributed by atoms with van der Waals surface area (Å²) >= 11 is 0. The van der Waals surface area contributed by atoms with E-state index in [4.69, 9.17) is 4.84 Å². The number of amides is 1. The van der Waals surface area contributed by atoms with E-state index >= 15 is 0 Å². The van der Waals surface area contributed by atoms with Crippen molar-refractivity contribution in [3.63, 3.8) is 0 Å². The number of carbonyl (C=O) groups excluding carboxylic acids is 2. The number of hydrazone groups is 1. The summed E-state index contributed by atoms with van der Waals surface area (Å²) in [4.78, 5) is 29.5. The van der Waals surface area contributed by atoms with Gasteiger partial charge in [0, 0.05) is 12.8 Å². The third-order valence-electron chi connectivity index (χ3n) is 4.47. The fourth-order valence-corrected chi connectivity index (χ4v) is 2.79. The molecule has 2 aromatic rings. The summed E-state index contributed by atoms with van der Waals surface area (Å²) in [6, 6.07) is 17.8. The highest BCUT2D eigenvalue weighted by Gasteiger charge is 2.49. The largest absolute Gasteiger partial charge is 0.374 e. The molecule has 1 unspecified atom stereocenters. The van der Waals surface area contributed by atoms with Crippen molar-refractivity contribution in [2.24, 2.45) is 10.3 Å². The van der Waals surface area contributed by atoms with E-state index in [1.165, 1.54) is 5.01 Å². The summed E-state index contributed by atoms with van der Waals surface area (Å²) in [5, 5.41) is 20.5. The van der Waals surface area contributed by atoms with Crippen LogP contribution in [0.5, 0.6) is 0 Å². The van der Waals surface area contributed by atoms with Gasteiger partial charge in [0.05, 0.1) is 17.1 Å². The smallest absolute Gasteiger partial charge is 0.334 e. The normalized spacial score (nSPS) is 19.5. The van der Waals surface area contributed by atoms with Gasteiger partial charge < -0.3 is 9.94 Å². The van der Waals surface area contributed by atoms with E-state index in [0.29, 0.717) is 11.3 Å². The zero-order valence-electron chi connectivity index (χ0n) is 15.7. The Morgan fingerprint density at radius 1 is 1.14 bits per heavy atom. The lowest BCUT2D eigenvalue weighted by atomic mass is 9.89. The zero-order valence-corrected chi connectivity index (χ0v) is 15.7. The lowest BCUT2D eigenvalue weighted by Gasteiger charge is -2.23. The molecule has 0 spiro atoms. The SMILES string of the molecule is CCC(=O)O/N=C(/CC1(O)C(=O)N(c2ccccc2)N=C1C)c1ccccc1. The highest BCUT2D eigenvalue weighted by atomic mass is 16.7. The molecule has 7 nitrogen and oxygen atoms in total. The minimum atomic E-state index is -1.89. The quantitative estimate of drug-likeness (QED) is 0.475. The molecule has 144 valence electrons. The van der Waals surface area contributed by atoms with Gasteiger partial charge in [-0.3, -0.25) is 4.79 Å². The number of carbonyl (C=O) groups is 2. The van der Waals surface area contributed by atoms with Crippen molar-refractivity contribution < 1.29 is 19.5 Å². The first-order chi connectivity index (χ1) is 13.5. The van der Waals surface area contributed by atoms with Gasteiger partial charge in [-0.25, -0.2) is 4.79 Å². The fourth-order valence-electron chi connectivity index (χ4n) is 2.79. The Morgan fingerprint density at radius 3 is 2.36 bits per heavy atom. The van der Waals surface area contributed by atoms with Crippen LogP contribution in [0.1, 0.15) is 32.3 Å². The van der Waals surface area contributed by atoms with Gasteiger partial charge in [0.1, 0.15) is 0 Å². The molecule has 28 heavy (non-hydrogen) atoms. The van der Waals surface area contributed by atoms with Crippen molar-refractivity contribution in [3.8, 4) is 0 Å². The lowest BCUT2D eigenvalue weighted by molar-refractivity contribution is -0.143. The van der Waals surface area contributed by atoms with Crippen LogP contribution in [0, 0.1) is 0 Å². The van der Waals surface area contributed by atoms with Crippen LogP contribution in [-0.4, -0.2) is 34.0 Å². The average Bonchev–Trinajstić information content (AvgIpc) is 2.96. The summed E-state index contributed by atoms with van der Waals surface area (Å²) in [6.45, 7) is 3.24. The maximum Gasteiger partial charge on any atom is 0.334 e. The number of oxime groups is 1. The molecule has 1 N–H and O–H groups in total. The average molecular weight is 379 g/mol. The van der Waals surface area contributed by atoms with Crippen LogP contribution < -0.4 is 5.01 Å². The third-order valence-corrected chi connectivity index (χ3v) is 4.47. The summed E-state index contributed by atoms with van der Waals surface area (Å²) in [5.74, 6) is -1.09. The summed E-state index contributed by atoms with van der Waals surface area (Å²) in [5.41, 5.74) is -0.171. The van der Waals surface area contributed by atoms with Crippen molar-refractivity contribution in [2.75, 3.05) is 5.01 Å². The number of anilines is 1. The highest BCUT2D eigenvalue weighted by molar-refractivity contribution is 6.24. The number of hydrogen-bond donors (Lipinski definition) is 1. The molecule has 0 fully saturated rings. The molecule has 1 amide bonds. The van der Waals surface area contributed by atoms with E-state index in [9.17, 15) is 14.7 Å². The van der Waals surface area contributed by atoms with Gasteiger partial charge in [-0.2, -0.15) is 10.1 Å². The van der Waals surface area contributed by atoms with Gasteiger partial charge in [0.15, 0.2) is 5.60 Å². The molecule has 0 saturated carbocycles. The third kappa shape index (κ3) is 3.84. The fraction of sp³-hybridized carbons (Fsp3) is 0.238. The maximum absolute atomic E-state index is 13.0. The number of rotatable bonds is 6. The molecule has 0 bridgehead atoms. The Morgan fingerprint density at radius 2 is 1.75 bits per heavy atom. The van der Waals surface area contributed by atoms with E-state index in [2.05, 4.69) is 10.3 Å².